The highest BCUT2D eigenvalue weighted by atomic mass is 14.0. The van der Waals surface area contributed by atoms with Crippen LogP contribution in [0.15, 0.2) is 36.5 Å². The third-order valence-corrected chi connectivity index (χ3v) is 2.00. The van der Waals surface area contributed by atoms with Gasteiger partial charge < -0.3 is 0 Å². The monoisotopic (exact) mass is 164 g/mol. The van der Waals surface area contributed by atoms with Crippen molar-refractivity contribution in [2.75, 3.05) is 0 Å². The second-order valence-corrected chi connectivity index (χ2v) is 3.01. The summed E-state index contributed by atoms with van der Waals surface area (Å²) >= 11 is 0. The van der Waals surface area contributed by atoms with E-state index in [9.17, 15) is 0 Å². The Bertz CT molecular complexity index is 172. The lowest BCUT2D eigenvalue weighted by Crippen LogP contribution is -1.87. The van der Waals surface area contributed by atoms with Crippen molar-refractivity contribution in [1.82, 2.24) is 0 Å². The van der Waals surface area contributed by atoms with Crippen molar-refractivity contribution in [2.45, 2.75) is 39.5 Å². The van der Waals surface area contributed by atoms with Crippen LogP contribution in [0, 0.1) is 0 Å². The van der Waals surface area contributed by atoms with Gasteiger partial charge in [0.25, 0.3) is 0 Å². The van der Waals surface area contributed by atoms with Gasteiger partial charge in [-0.15, -0.1) is 6.58 Å². The molecule has 0 fully saturated rings. The molecule has 0 unspecified atom stereocenters. The largest absolute Gasteiger partial charge is 0.103 e. The average Bonchev–Trinajstić information content (AvgIpc) is 2.10. The number of hydrogen-bond acceptors (Lipinski definition) is 0. The molecule has 0 aromatic rings. The molecule has 12 heavy (non-hydrogen) atoms. The van der Waals surface area contributed by atoms with E-state index in [0.717, 1.165) is 12.8 Å². The minimum absolute atomic E-state index is 0.957. The Kier molecular flexibility index (Phi) is 6.45. The molecule has 0 bridgehead atoms. The van der Waals surface area contributed by atoms with Gasteiger partial charge in [0.2, 0.25) is 0 Å². The van der Waals surface area contributed by atoms with Crippen molar-refractivity contribution < 1.29 is 0 Å². The molecule has 0 amide bonds. The lowest BCUT2D eigenvalue weighted by molar-refractivity contribution is 0.790. The van der Waals surface area contributed by atoms with Crippen LogP contribution in [0.4, 0.5) is 0 Å². The molecule has 0 nitrogen and oxygen atoms in total. The summed E-state index contributed by atoms with van der Waals surface area (Å²) in [4.78, 5) is 0. The highest BCUT2D eigenvalue weighted by Crippen LogP contribution is 2.18. The van der Waals surface area contributed by atoms with Crippen LogP contribution in [0.1, 0.15) is 39.5 Å². The molecule has 0 aliphatic carbocycles. The number of allylic oxidation sites excluding steroid dienone is 4. The quantitative estimate of drug-likeness (QED) is 0.406. The predicted molar refractivity (Wildman–Crippen MR) is 57.2 cm³/mol. The number of unbranched alkanes of at least 4 members (excludes halogenated alkanes) is 1. The van der Waals surface area contributed by atoms with Crippen molar-refractivity contribution in [3.63, 3.8) is 0 Å². The van der Waals surface area contributed by atoms with Crippen molar-refractivity contribution in [3.05, 3.63) is 36.5 Å². The first-order valence-corrected chi connectivity index (χ1v) is 4.70. The van der Waals surface area contributed by atoms with E-state index in [2.05, 4.69) is 33.1 Å². The molecule has 0 aliphatic rings. The summed E-state index contributed by atoms with van der Waals surface area (Å²) in [7, 11) is 0. The van der Waals surface area contributed by atoms with Crippen LogP contribution in [0.5, 0.6) is 0 Å². The average molecular weight is 164 g/mol. The van der Waals surface area contributed by atoms with Crippen LogP contribution in [0.25, 0.3) is 0 Å². The van der Waals surface area contributed by atoms with Crippen molar-refractivity contribution in [3.8, 4) is 0 Å². The molecule has 0 rings (SSSR count). The van der Waals surface area contributed by atoms with Gasteiger partial charge in [0, 0.05) is 0 Å². The van der Waals surface area contributed by atoms with E-state index in [1.54, 1.807) is 0 Å². The summed E-state index contributed by atoms with van der Waals surface area (Å²) in [6.07, 6.45) is 8.65. The second-order valence-electron chi connectivity index (χ2n) is 3.01. The zero-order valence-corrected chi connectivity index (χ0v) is 8.40. The van der Waals surface area contributed by atoms with Gasteiger partial charge in [-0.25, -0.2) is 0 Å². The van der Waals surface area contributed by atoms with Gasteiger partial charge in [-0.2, -0.15) is 0 Å². The summed E-state index contributed by atoms with van der Waals surface area (Å²) in [5, 5.41) is 0. The summed E-state index contributed by atoms with van der Waals surface area (Å²) in [6.45, 7) is 12.1. The van der Waals surface area contributed by atoms with Crippen LogP contribution in [-0.2, 0) is 0 Å². The SMILES string of the molecule is C=CC/C(=C/C)C(=C)CCCC. The molecule has 0 heterocycles. The van der Waals surface area contributed by atoms with Crippen molar-refractivity contribution >= 4 is 0 Å². The molecule has 0 N–H and O–H groups in total. The lowest BCUT2D eigenvalue weighted by atomic mass is 9.99. The zero-order valence-electron chi connectivity index (χ0n) is 8.40. The van der Waals surface area contributed by atoms with Crippen molar-refractivity contribution in [2.24, 2.45) is 0 Å². The second kappa shape index (κ2) is 6.90. The Labute approximate surface area is 76.7 Å². The van der Waals surface area contributed by atoms with Gasteiger partial charge >= 0.3 is 0 Å². The fourth-order valence-corrected chi connectivity index (χ4v) is 1.17. The molecule has 0 saturated heterocycles. The minimum Gasteiger partial charge on any atom is -0.103 e. The minimum atomic E-state index is 0.957. The summed E-state index contributed by atoms with van der Waals surface area (Å²) in [5.41, 5.74) is 2.62. The molecule has 0 saturated carbocycles. The van der Waals surface area contributed by atoms with Crippen LogP contribution >= 0.6 is 0 Å². The number of rotatable bonds is 6. The molecular formula is C12H20. The lowest BCUT2D eigenvalue weighted by Gasteiger charge is -2.07. The van der Waals surface area contributed by atoms with E-state index in [1.165, 1.54) is 24.0 Å². The molecule has 0 aromatic carbocycles. The predicted octanol–water partition coefficient (Wildman–Crippen LogP) is 4.26. The zero-order chi connectivity index (χ0) is 9.40. The number of hydrogen-bond donors (Lipinski definition) is 0. The standard InChI is InChI=1S/C12H20/c1-5-8-10-11(4)12(7-3)9-6-2/h6-7H,2,4-5,8-10H2,1,3H3/b12-7-. The highest BCUT2D eigenvalue weighted by Gasteiger charge is 1.98. The molecule has 68 valence electrons. The van der Waals surface area contributed by atoms with Crippen molar-refractivity contribution in [1.29, 1.82) is 0 Å². The Balaban J connectivity index is 3.95. The maximum Gasteiger partial charge on any atom is -0.0101 e. The van der Waals surface area contributed by atoms with E-state index in [-0.39, 0.29) is 0 Å². The Hall–Kier alpha value is -0.780. The topological polar surface area (TPSA) is 0 Å². The van der Waals surface area contributed by atoms with E-state index in [4.69, 9.17) is 0 Å². The maximum absolute atomic E-state index is 4.07. The van der Waals surface area contributed by atoms with Crippen LogP contribution in [0.2, 0.25) is 0 Å². The Morgan fingerprint density at radius 2 is 2.08 bits per heavy atom. The molecule has 0 radical (unpaired) electrons. The van der Waals surface area contributed by atoms with Gasteiger partial charge in [0.05, 0.1) is 0 Å². The Morgan fingerprint density at radius 3 is 2.50 bits per heavy atom. The fourth-order valence-electron chi connectivity index (χ4n) is 1.17. The van der Waals surface area contributed by atoms with E-state index >= 15 is 0 Å². The van der Waals surface area contributed by atoms with E-state index in [1.807, 2.05) is 6.08 Å². The fraction of sp³-hybridized carbons (Fsp3) is 0.500. The Morgan fingerprint density at radius 1 is 1.42 bits per heavy atom. The maximum atomic E-state index is 4.07. The van der Waals surface area contributed by atoms with E-state index in [0.29, 0.717) is 0 Å². The van der Waals surface area contributed by atoms with Gasteiger partial charge in [0.1, 0.15) is 0 Å². The molecule has 0 aliphatic heterocycles. The highest BCUT2D eigenvalue weighted by molar-refractivity contribution is 5.29. The molecule has 0 atom stereocenters. The molecule has 0 aromatic heterocycles. The van der Waals surface area contributed by atoms with E-state index < -0.39 is 0 Å². The summed E-state index contributed by atoms with van der Waals surface area (Å²) in [5.74, 6) is 0. The third kappa shape index (κ3) is 4.17. The van der Waals surface area contributed by atoms with Crippen LogP contribution in [0.3, 0.4) is 0 Å². The first-order chi connectivity index (χ1) is 5.76. The van der Waals surface area contributed by atoms with Crippen LogP contribution in [-0.4, -0.2) is 0 Å². The normalized spacial score (nSPS) is 11.3. The third-order valence-electron chi connectivity index (χ3n) is 2.00. The summed E-state index contributed by atoms with van der Waals surface area (Å²) in [6, 6.07) is 0. The molecule has 0 spiro atoms. The van der Waals surface area contributed by atoms with Crippen LogP contribution < -0.4 is 0 Å². The molecule has 0 heteroatoms. The summed E-state index contributed by atoms with van der Waals surface area (Å²) < 4.78 is 0. The van der Waals surface area contributed by atoms with Gasteiger partial charge in [-0.1, -0.05) is 37.6 Å². The van der Waals surface area contributed by atoms with Gasteiger partial charge in [-0.05, 0) is 31.8 Å². The first-order valence-electron chi connectivity index (χ1n) is 4.70. The smallest absolute Gasteiger partial charge is 0.0101 e. The first kappa shape index (κ1) is 11.2. The van der Waals surface area contributed by atoms with Gasteiger partial charge in [0.15, 0.2) is 0 Å². The molecular weight excluding hydrogens is 144 g/mol. The van der Waals surface area contributed by atoms with Gasteiger partial charge in [-0.3, -0.25) is 0 Å².